The van der Waals surface area contributed by atoms with E-state index in [0.717, 1.165) is 29.9 Å². The third kappa shape index (κ3) is 3.01. The number of aromatic nitrogens is 2. The first-order valence-electron chi connectivity index (χ1n) is 7.53. The van der Waals surface area contributed by atoms with Crippen LogP contribution in [-0.2, 0) is 6.54 Å². The van der Waals surface area contributed by atoms with Gasteiger partial charge in [0.2, 0.25) is 0 Å². The molecule has 0 aliphatic heterocycles. The van der Waals surface area contributed by atoms with Gasteiger partial charge in [-0.25, -0.2) is 0 Å². The fraction of sp³-hybridized carbons (Fsp3) is 0.235. The van der Waals surface area contributed by atoms with Crippen molar-refractivity contribution in [3.05, 3.63) is 59.8 Å². The highest BCUT2D eigenvalue weighted by Crippen LogP contribution is 2.40. The molecule has 0 unspecified atom stereocenters. The summed E-state index contributed by atoms with van der Waals surface area (Å²) in [5.74, 6) is 1.71. The fourth-order valence-electron chi connectivity index (χ4n) is 2.37. The van der Waals surface area contributed by atoms with Gasteiger partial charge >= 0.3 is 0 Å². The van der Waals surface area contributed by atoms with E-state index in [4.69, 9.17) is 8.94 Å². The minimum absolute atomic E-state index is 0.239. The monoisotopic (exact) mass is 309 g/mol. The van der Waals surface area contributed by atoms with Crippen LogP contribution >= 0.6 is 0 Å². The van der Waals surface area contributed by atoms with Crippen molar-refractivity contribution < 1.29 is 13.7 Å². The summed E-state index contributed by atoms with van der Waals surface area (Å²) in [6.07, 6.45) is 5.53. The van der Waals surface area contributed by atoms with E-state index in [1.165, 1.54) is 0 Å². The molecule has 4 rings (SSSR count). The van der Waals surface area contributed by atoms with Crippen LogP contribution in [0.3, 0.4) is 0 Å². The van der Waals surface area contributed by atoms with Gasteiger partial charge in [0.25, 0.3) is 5.91 Å². The van der Waals surface area contributed by atoms with Gasteiger partial charge in [-0.2, -0.15) is 0 Å². The van der Waals surface area contributed by atoms with Crippen LogP contribution < -0.4 is 5.32 Å². The summed E-state index contributed by atoms with van der Waals surface area (Å²) >= 11 is 0. The number of hydrogen-bond acceptors (Lipinski definition) is 5. The van der Waals surface area contributed by atoms with Crippen LogP contribution in [0.15, 0.2) is 51.7 Å². The molecule has 0 spiro atoms. The van der Waals surface area contributed by atoms with Crippen molar-refractivity contribution in [2.75, 3.05) is 0 Å². The Morgan fingerprint density at radius 3 is 3.00 bits per heavy atom. The summed E-state index contributed by atoms with van der Waals surface area (Å²) in [7, 11) is 0. The SMILES string of the molecule is O=C(NCc1ccnc(-c2ccco2)c1)c1cc(C2CC2)on1. The van der Waals surface area contributed by atoms with E-state index >= 15 is 0 Å². The third-order valence-electron chi connectivity index (χ3n) is 3.79. The van der Waals surface area contributed by atoms with E-state index in [0.29, 0.717) is 23.9 Å². The third-order valence-corrected chi connectivity index (χ3v) is 3.79. The first-order chi connectivity index (χ1) is 11.3. The van der Waals surface area contributed by atoms with Crippen molar-refractivity contribution in [1.29, 1.82) is 0 Å². The van der Waals surface area contributed by atoms with E-state index in [2.05, 4.69) is 15.5 Å². The number of furan rings is 1. The van der Waals surface area contributed by atoms with Gasteiger partial charge in [-0.1, -0.05) is 5.16 Å². The topological polar surface area (TPSA) is 81.2 Å². The quantitative estimate of drug-likeness (QED) is 0.783. The van der Waals surface area contributed by atoms with Crippen molar-refractivity contribution in [2.24, 2.45) is 0 Å². The Balaban J connectivity index is 1.42. The second-order valence-electron chi connectivity index (χ2n) is 5.60. The molecule has 0 atom stereocenters. The number of carbonyl (C=O) groups excluding carboxylic acids is 1. The molecule has 0 radical (unpaired) electrons. The molecular formula is C17H15N3O3. The van der Waals surface area contributed by atoms with Gasteiger partial charge in [0.05, 0.1) is 6.26 Å². The van der Waals surface area contributed by atoms with Crippen molar-refractivity contribution in [1.82, 2.24) is 15.5 Å². The average molecular weight is 309 g/mol. The minimum Gasteiger partial charge on any atom is -0.463 e. The molecule has 1 fully saturated rings. The number of nitrogens with one attached hydrogen (secondary N) is 1. The molecule has 1 amide bonds. The highest BCUT2D eigenvalue weighted by Gasteiger charge is 2.28. The molecule has 6 nitrogen and oxygen atoms in total. The summed E-state index contributed by atoms with van der Waals surface area (Å²) in [4.78, 5) is 16.4. The number of nitrogens with zero attached hydrogens (tertiary/aromatic N) is 2. The van der Waals surface area contributed by atoms with Crippen LogP contribution in [0.4, 0.5) is 0 Å². The molecule has 0 aromatic carbocycles. The maximum absolute atomic E-state index is 12.1. The number of amides is 1. The molecule has 3 aromatic rings. The van der Waals surface area contributed by atoms with Crippen molar-refractivity contribution in [3.63, 3.8) is 0 Å². The largest absolute Gasteiger partial charge is 0.463 e. The Labute approximate surface area is 132 Å². The molecule has 1 aliphatic carbocycles. The van der Waals surface area contributed by atoms with E-state index in [1.807, 2.05) is 24.3 Å². The number of pyridine rings is 1. The second-order valence-corrected chi connectivity index (χ2v) is 5.60. The van der Waals surface area contributed by atoms with Crippen molar-refractivity contribution in [3.8, 4) is 11.5 Å². The van der Waals surface area contributed by atoms with Gasteiger partial charge in [0, 0.05) is 24.7 Å². The molecule has 0 saturated heterocycles. The fourth-order valence-corrected chi connectivity index (χ4v) is 2.37. The molecule has 3 heterocycles. The summed E-state index contributed by atoms with van der Waals surface area (Å²) in [6, 6.07) is 9.13. The van der Waals surface area contributed by atoms with Crippen LogP contribution in [0, 0.1) is 0 Å². The van der Waals surface area contributed by atoms with Crippen LogP contribution in [0.5, 0.6) is 0 Å². The van der Waals surface area contributed by atoms with Gasteiger partial charge < -0.3 is 14.3 Å². The first kappa shape index (κ1) is 13.8. The van der Waals surface area contributed by atoms with Crippen LogP contribution in [0.2, 0.25) is 0 Å². The van der Waals surface area contributed by atoms with Gasteiger partial charge in [0.15, 0.2) is 11.5 Å². The Hall–Kier alpha value is -2.89. The predicted octanol–water partition coefficient (Wildman–Crippen LogP) is 3.14. The Kier molecular flexibility index (Phi) is 3.42. The zero-order valence-electron chi connectivity index (χ0n) is 12.4. The summed E-state index contributed by atoms with van der Waals surface area (Å²) in [5, 5.41) is 6.67. The summed E-state index contributed by atoms with van der Waals surface area (Å²) < 4.78 is 10.5. The number of carbonyl (C=O) groups is 1. The van der Waals surface area contributed by atoms with Crippen molar-refractivity contribution >= 4 is 5.91 Å². The normalized spacial score (nSPS) is 13.9. The molecule has 1 saturated carbocycles. The zero-order valence-corrected chi connectivity index (χ0v) is 12.4. The lowest BCUT2D eigenvalue weighted by Crippen LogP contribution is -2.23. The van der Waals surface area contributed by atoms with Gasteiger partial charge in [-0.3, -0.25) is 9.78 Å². The molecule has 3 aromatic heterocycles. The Morgan fingerprint density at radius 1 is 1.30 bits per heavy atom. The van der Waals surface area contributed by atoms with Gasteiger partial charge in [-0.05, 0) is 42.7 Å². The molecule has 116 valence electrons. The van der Waals surface area contributed by atoms with Crippen LogP contribution in [-0.4, -0.2) is 16.0 Å². The molecule has 0 bridgehead atoms. The zero-order chi connectivity index (χ0) is 15.6. The summed E-state index contributed by atoms with van der Waals surface area (Å²) in [6.45, 7) is 0.390. The Bertz CT molecular complexity index is 819. The molecular weight excluding hydrogens is 294 g/mol. The van der Waals surface area contributed by atoms with E-state index in [9.17, 15) is 4.79 Å². The van der Waals surface area contributed by atoms with E-state index in [-0.39, 0.29) is 5.91 Å². The van der Waals surface area contributed by atoms with Crippen LogP contribution in [0.25, 0.3) is 11.5 Å². The highest BCUT2D eigenvalue weighted by atomic mass is 16.5. The molecule has 23 heavy (non-hydrogen) atoms. The standard InChI is InChI=1S/C17H15N3O3/c21-17(14-9-16(23-20-14)12-3-4-12)19-10-11-5-6-18-13(8-11)15-2-1-7-22-15/h1-2,5-9,12H,3-4,10H2,(H,19,21). The Morgan fingerprint density at radius 2 is 2.22 bits per heavy atom. The predicted molar refractivity (Wildman–Crippen MR) is 81.6 cm³/mol. The highest BCUT2D eigenvalue weighted by molar-refractivity contribution is 5.92. The lowest BCUT2D eigenvalue weighted by atomic mass is 10.2. The van der Waals surface area contributed by atoms with Crippen LogP contribution in [0.1, 0.15) is 40.6 Å². The molecule has 6 heteroatoms. The average Bonchev–Trinajstić information content (AvgIpc) is 3.09. The number of hydrogen-bond donors (Lipinski definition) is 1. The lowest BCUT2D eigenvalue weighted by Gasteiger charge is -2.04. The van der Waals surface area contributed by atoms with E-state index < -0.39 is 0 Å². The first-order valence-corrected chi connectivity index (χ1v) is 7.53. The van der Waals surface area contributed by atoms with Gasteiger partial charge in [0.1, 0.15) is 11.5 Å². The second kappa shape index (κ2) is 5.72. The summed E-state index contributed by atoms with van der Waals surface area (Å²) in [5.41, 5.74) is 2.00. The maximum atomic E-state index is 12.1. The smallest absolute Gasteiger partial charge is 0.273 e. The lowest BCUT2D eigenvalue weighted by molar-refractivity contribution is 0.0941. The van der Waals surface area contributed by atoms with E-state index in [1.54, 1.807) is 18.5 Å². The number of rotatable bonds is 5. The maximum Gasteiger partial charge on any atom is 0.273 e. The minimum atomic E-state index is -0.239. The molecule has 1 aliphatic rings. The molecule has 1 N–H and O–H groups in total. The van der Waals surface area contributed by atoms with Crippen molar-refractivity contribution in [2.45, 2.75) is 25.3 Å². The van der Waals surface area contributed by atoms with Gasteiger partial charge in [-0.15, -0.1) is 0 Å².